The van der Waals surface area contributed by atoms with Crippen molar-refractivity contribution in [2.75, 3.05) is 40.3 Å². The molecule has 1 unspecified atom stereocenters. The molecule has 3 saturated heterocycles. The number of epoxide rings is 1. The molecule has 2 aliphatic carbocycles. The highest BCUT2D eigenvalue weighted by molar-refractivity contribution is 5.75. The van der Waals surface area contributed by atoms with Crippen LogP contribution in [0.2, 0.25) is 0 Å². The van der Waals surface area contributed by atoms with E-state index in [-0.39, 0.29) is 23.6 Å². The van der Waals surface area contributed by atoms with Gasteiger partial charge in [-0.3, -0.25) is 4.79 Å². The van der Waals surface area contributed by atoms with Gasteiger partial charge in [-0.05, 0) is 43.4 Å². The lowest BCUT2D eigenvalue weighted by Crippen LogP contribution is -3.18. The van der Waals surface area contributed by atoms with Crippen molar-refractivity contribution >= 4 is 5.97 Å². The Bertz CT molecular complexity index is 598. The van der Waals surface area contributed by atoms with E-state index < -0.39 is 0 Å². The van der Waals surface area contributed by atoms with Gasteiger partial charge in [0.2, 0.25) is 0 Å². The molecule has 5 rings (SSSR count). The second-order valence-corrected chi connectivity index (χ2v) is 10.9. The fourth-order valence-electron chi connectivity index (χ4n) is 7.31. The van der Waals surface area contributed by atoms with E-state index in [1.165, 1.54) is 45.2 Å². The van der Waals surface area contributed by atoms with Crippen molar-refractivity contribution < 1.29 is 24.1 Å². The van der Waals surface area contributed by atoms with Crippen LogP contribution in [0.1, 0.15) is 51.9 Å². The van der Waals surface area contributed by atoms with Gasteiger partial charge >= 0.3 is 5.97 Å². The maximum absolute atomic E-state index is 12.8. The summed E-state index contributed by atoms with van der Waals surface area (Å²) in [5.41, 5.74) is 0.463. The molecule has 152 valence electrons. The summed E-state index contributed by atoms with van der Waals surface area (Å²) in [4.78, 5) is 16.0. The van der Waals surface area contributed by atoms with Crippen molar-refractivity contribution in [3.63, 3.8) is 0 Å². The van der Waals surface area contributed by atoms with E-state index >= 15 is 0 Å². The minimum Gasteiger partial charge on any atom is -0.462 e. The van der Waals surface area contributed by atoms with Crippen LogP contribution >= 0.6 is 0 Å². The zero-order chi connectivity index (χ0) is 18.8. The van der Waals surface area contributed by atoms with E-state index in [4.69, 9.17) is 9.47 Å². The molecule has 5 aliphatic rings. The molecule has 7 atom stereocenters. The lowest BCUT2D eigenvalue weighted by Gasteiger charge is -2.51. The fraction of sp³-hybridized carbons (Fsp3) is 0.955. The van der Waals surface area contributed by atoms with Crippen LogP contribution in [0, 0.1) is 23.2 Å². The van der Waals surface area contributed by atoms with Crippen LogP contribution in [0.5, 0.6) is 0 Å². The molecule has 3 heterocycles. The van der Waals surface area contributed by atoms with Gasteiger partial charge in [0.25, 0.3) is 0 Å². The average molecular weight is 379 g/mol. The minimum absolute atomic E-state index is 0.0934. The molecule has 5 fully saturated rings. The van der Waals surface area contributed by atoms with Gasteiger partial charge in [0, 0.05) is 18.8 Å². The molecule has 0 aromatic carbocycles. The van der Waals surface area contributed by atoms with Gasteiger partial charge in [-0.1, -0.05) is 6.92 Å². The first-order chi connectivity index (χ1) is 12.9. The molecule has 0 aromatic heterocycles. The van der Waals surface area contributed by atoms with E-state index in [9.17, 15) is 4.79 Å². The zero-order valence-electron chi connectivity index (χ0n) is 17.4. The molecule has 0 bridgehead atoms. The van der Waals surface area contributed by atoms with Gasteiger partial charge < -0.3 is 19.3 Å². The van der Waals surface area contributed by atoms with Crippen LogP contribution in [0.4, 0.5) is 0 Å². The van der Waals surface area contributed by atoms with Gasteiger partial charge in [-0.25, -0.2) is 0 Å². The number of likely N-dealkylation sites (tertiary alicyclic amines) is 1. The highest BCUT2D eigenvalue weighted by Crippen LogP contribution is 2.62. The normalized spacial score (nSPS) is 52.8. The molecular weight excluding hydrogens is 340 g/mol. The highest BCUT2D eigenvalue weighted by Gasteiger charge is 2.65. The summed E-state index contributed by atoms with van der Waals surface area (Å²) in [6, 6.07) is 0.710. The fourth-order valence-corrected chi connectivity index (χ4v) is 7.31. The SMILES string of the molecule is C[NH+]1CCC([NH+](C)C[C@H]2C(=O)O[C@@H]3C[C@@]4(C)CCC[C@]5(CO5)[C@@H]4C[C@@H]32)CC1. The second-order valence-electron chi connectivity index (χ2n) is 10.9. The first-order valence-electron chi connectivity index (χ1n) is 11.4. The lowest BCUT2D eigenvalue weighted by molar-refractivity contribution is -0.941. The van der Waals surface area contributed by atoms with Gasteiger partial charge in [-0.15, -0.1) is 0 Å². The maximum atomic E-state index is 12.8. The summed E-state index contributed by atoms with van der Waals surface area (Å²) in [6.45, 7) is 6.89. The third-order valence-electron chi connectivity index (χ3n) is 9.16. The second kappa shape index (κ2) is 6.43. The number of carbonyl (C=O) groups excluding carboxylic acids is 1. The molecule has 2 N–H and O–H groups in total. The number of hydrogen-bond donors (Lipinski definition) is 2. The van der Waals surface area contributed by atoms with E-state index in [0.717, 1.165) is 26.0 Å². The number of nitrogens with one attached hydrogen (secondary N) is 2. The Hall–Kier alpha value is -0.650. The van der Waals surface area contributed by atoms with E-state index in [2.05, 4.69) is 21.0 Å². The number of hydrogen-bond acceptors (Lipinski definition) is 3. The molecule has 5 heteroatoms. The summed E-state index contributed by atoms with van der Waals surface area (Å²) >= 11 is 0. The Morgan fingerprint density at radius 3 is 2.70 bits per heavy atom. The number of carbonyl (C=O) groups is 1. The van der Waals surface area contributed by atoms with Crippen molar-refractivity contribution in [1.82, 2.24) is 0 Å². The Labute approximate surface area is 163 Å². The summed E-state index contributed by atoms with van der Waals surface area (Å²) in [7, 11) is 4.61. The first-order valence-corrected chi connectivity index (χ1v) is 11.4. The molecule has 5 nitrogen and oxygen atoms in total. The highest BCUT2D eigenvalue weighted by atomic mass is 16.6. The molecule has 1 spiro atoms. The molecule has 27 heavy (non-hydrogen) atoms. The number of piperidine rings is 1. The van der Waals surface area contributed by atoms with Crippen LogP contribution in [-0.4, -0.2) is 64.1 Å². The van der Waals surface area contributed by atoms with Crippen molar-refractivity contribution in [2.24, 2.45) is 23.2 Å². The van der Waals surface area contributed by atoms with E-state index in [0.29, 0.717) is 23.3 Å². The van der Waals surface area contributed by atoms with Crippen LogP contribution in [-0.2, 0) is 14.3 Å². The van der Waals surface area contributed by atoms with Gasteiger partial charge in [-0.2, -0.15) is 0 Å². The standard InChI is InChI=1S/C22H36N2O3/c1-21-7-4-8-22(14-26-22)19(21)11-16-17(20(25)27-18(16)12-21)13-24(3)15-5-9-23(2)10-6-15/h15-19H,4-14H2,1-3H3/p+2/t16-,17-,18-,19-,21-,22+/m1/s1. The number of ether oxygens (including phenoxy) is 2. The molecule has 0 amide bonds. The van der Waals surface area contributed by atoms with E-state index in [1.807, 2.05) is 0 Å². The number of esters is 1. The quantitative estimate of drug-likeness (QED) is 0.524. The number of fused-ring (bicyclic) bond motifs is 3. The predicted octanol–water partition coefficient (Wildman–Crippen LogP) is -0.295. The predicted molar refractivity (Wildman–Crippen MR) is 102 cm³/mol. The Kier molecular flexibility index (Phi) is 4.38. The van der Waals surface area contributed by atoms with Gasteiger partial charge in [0.1, 0.15) is 12.0 Å². The largest absolute Gasteiger partial charge is 0.462 e. The van der Waals surface area contributed by atoms with Crippen molar-refractivity contribution in [1.29, 1.82) is 0 Å². The summed E-state index contributed by atoms with van der Waals surface area (Å²) in [5.74, 6) is 1.24. The monoisotopic (exact) mass is 378 g/mol. The van der Waals surface area contributed by atoms with E-state index in [1.54, 1.807) is 9.80 Å². The number of rotatable bonds is 3. The summed E-state index contributed by atoms with van der Waals surface area (Å²) < 4.78 is 12.0. The maximum Gasteiger partial charge on any atom is 0.315 e. The van der Waals surface area contributed by atoms with Gasteiger partial charge in [0.15, 0.2) is 0 Å². The van der Waals surface area contributed by atoms with Crippen LogP contribution in [0.25, 0.3) is 0 Å². The Morgan fingerprint density at radius 1 is 1.26 bits per heavy atom. The molecule has 2 saturated carbocycles. The Morgan fingerprint density at radius 2 is 2.00 bits per heavy atom. The van der Waals surface area contributed by atoms with Crippen LogP contribution in [0.3, 0.4) is 0 Å². The smallest absolute Gasteiger partial charge is 0.315 e. The first kappa shape index (κ1) is 18.4. The third kappa shape index (κ3) is 3.05. The minimum atomic E-state index is 0.0934. The number of quaternary nitrogens is 2. The topological polar surface area (TPSA) is 47.7 Å². The summed E-state index contributed by atoms with van der Waals surface area (Å²) in [6.07, 6.45) is 8.70. The molecule has 0 aromatic rings. The van der Waals surface area contributed by atoms with Gasteiger partial charge in [0.05, 0.1) is 52.0 Å². The van der Waals surface area contributed by atoms with Crippen LogP contribution < -0.4 is 9.80 Å². The van der Waals surface area contributed by atoms with Crippen molar-refractivity contribution in [3.05, 3.63) is 0 Å². The average Bonchev–Trinajstić information content (AvgIpc) is 3.33. The molecule has 3 aliphatic heterocycles. The third-order valence-corrected chi connectivity index (χ3v) is 9.16. The lowest BCUT2D eigenvalue weighted by atomic mass is 9.53. The molecule has 0 radical (unpaired) electrons. The molecular formula is C22H38N2O3+2. The summed E-state index contributed by atoms with van der Waals surface area (Å²) in [5, 5.41) is 0. The van der Waals surface area contributed by atoms with Crippen molar-refractivity contribution in [2.45, 2.75) is 69.6 Å². The zero-order valence-corrected chi connectivity index (χ0v) is 17.4. The van der Waals surface area contributed by atoms with Crippen LogP contribution in [0.15, 0.2) is 0 Å². The Balaban J connectivity index is 1.30. The van der Waals surface area contributed by atoms with Crippen molar-refractivity contribution in [3.8, 4) is 0 Å².